The van der Waals surface area contributed by atoms with Gasteiger partial charge in [0, 0.05) is 114 Å². The van der Waals surface area contributed by atoms with Crippen molar-refractivity contribution in [2.45, 2.75) is 90.7 Å². The number of imide groups is 1. The first-order valence-corrected chi connectivity index (χ1v) is 24.5. The number of anilines is 4. The van der Waals surface area contributed by atoms with Crippen molar-refractivity contribution in [3.63, 3.8) is 0 Å². The van der Waals surface area contributed by atoms with Crippen LogP contribution >= 0.6 is 0 Å². The first-order valence-electron chi connectivity index (χ1n) is 24.5. The Balaban J connectivity index is 0.691. The first-order chi connectivity index (χ1) is 33.7. The van der Waals surface area contributed by atoms with Crippen molar-refractivity contribution in [1.29, 1.82) is 0 Å². The molecule has 0 bridgehead atoms. The number of benzene rings is 1. The Kier molecular flexibility index (Phi) is 11.7. The second kappa shape index (κ2) is 17.9. The predicted octanol–water partition coefficient (Wildman–Crippen LogP) is 4.35. The summed E-state index contributed by atoms with van der Waals surface area (Å²) in [5.41, 5.74) is 7.66. The summed E-state index contributed by atoms with van der Waals surface area (Å²) in [5, 5.41) is 16.3. The van der Waals surface area contributed by atoms with Crippen molar-refractivity contribution in [3.8, 4) is 11.1 Å². The van der Waals surface area contributed by atoms with Crippen LogP contribution in [-0.2, 0) is 55.7 Å². The third-order valence-corrected chi connectivity index (χ3v) is 15.4. The molecule has 3 N–H and O–H groups in total. The molecule has 0 radical (unpaired) electrons. The van der Waals surface area contributed by atoms with E-state index in [9.17, 15) is 29.1 Å². The Morgan fingerprint density at radius 2 is 1.67 bits per heavy atom. The summed E-state index contributed by atoms with van der Waals surface area (Å²) >= 11 is 0. The zero-order chi connectivity index (χ0) is 48.6. The van der Waals surface area contributed by atoms with Crippen molar-refractivity contribution in [1.82, 2.24) is 39.1 Å². The Hall–Kier alpha value is -6.76. The molecule has 11 rings (SSSR count). The van der Waals surface area contributed by atoms with Crippen LogP contribution in [0.5, 0.6) is 0 Å². The number of hydrogen-bond donors (Lipinski definition) is 3. The van der Waals surface area contributed by atoms with Gasteiger partial charge in [-0.2, -0.15) is 0 Å². The number of carbonyl (C=O) groups excluding carboxylic acids is 4. The van der Waals surface area contributed by atoms with Gasteiger partial charge >= 0.3 is 0 Å². The number of aromatic nitrogens is 4. The van der Waals surface area contributed by atoms with Gasteiger partial charge in [0.25, 0.3) is 17.4 Å². The predicted molar refractivity (Wildman–Crippen MR) is 260 cm³/mol. The number of aliphatic hydroxyl groups is 1. The maximum Gasteiger partial charge on any atom is 0.276 e. The van der Waals surface area contributed by atoms with Crippen LogP contribution in [0.4, 0.5) is 27.4 Å². The Morgan fingerprint density at radius 1 is 0.871 bits per heavy atom. The molecule has 1 aromatic carbocycles. The zero-order valence-corrected chi connectivity index (χ0v) is 39.8. The number of fused-ring (bicyclic) bond motifs is 4. The molecule has 3 saturated heterocycles. The van der Waals surface area contributed by atoms with Gasteiger partial charge in [0.2, 0.25) is 11.8 Å². The molecule has 70 heavy (non-hydrogen) atoms. The van der Waals surface area contributed by atoms with Crippen molar-refractivity contribution in [3.05, 3.63) is 116 Å². The Labute approximate surface area is 404 Å². The van der Waals surface area contributed by atoms with E-state index in [1.807, 2.05) is 30.5 Å². The van der Waals surface area contributed by atoms with Crippen molar-refractivity contribution in [2.75, 3.05) is 60.9 Å². The van der Waals surface area contributed by atoms with Gasteiger partial charge in [-0.3, -0.25) is 44.0 Å². The van der Waals surface area contributed by atoms with Gasteiger partial charge in [0.1, 0.15) is 34.9 Å². The van der Waals surface area contributed by atoms with Gasteiger partial charge in [-0.05, 0) is 96.2 Å². The van der Waals surface area contributed by atoms with Gasteiger partial charge in [-0.1, -0.05) is 19.9 Å². The van der Waals surface area contributed by atoms with Crippen molar-refractivity contribution >= 4 is 46.6 Å². The van der Waals surface area contributed by atoms with E-state index in [-0.39, 0.29) is 54.3 Å². The lowest BCUT2D eigenvalue weighted by Gasteiger charge is -2.43. The fourth-order valence-corrected chi connectivity index (χ4v) is 11.8. The lowest BCUT2D eigenvalue weighted by Crippen LogP contribution is -2.53. The average molecular weight is 952 g/mol. The van der Waals surface area contributed by atoms with Crippen LogP contribution in [0, 0.1) is 11.2 Å². The minimum atomic E-state index is -0.781. The number of amides is 4. The molecule has 5 aliphatic heterocycles. The van der Waals surface area contributed by atoms with Crippen LogP contribution in [0.2, 0.25) is 0 Å². The quantitative estimate of drug-likeness (QED) is 0.169. The Bertz CT molecular complexity index is 3010. The summed E-state index contributed by atoms with van der Waals surface area (Å²) in [4.78, 5) is 84.4. The fourth-order valence-electron chi connectivity index (χ4n) is 11.8. The summed E-state index contributed by atoms with van der Waals surface area (Å²) in [6.07, 6.45) is 9.47. The van der Waals surface area contributed by atoms with E-state index in [4.69, 9.17) is 4.98 Å². The largest absolute Gasteiger partial charge is 0.392 e. The molecule has 1 atom stereocenters. The molecular formula is C52H58FN11O6. The smallest absolute Gasteiger partial charge is 0.276 e. The summed E-state index contributed by atoms with van der Waals surface area (Å²) in [6.45, 7) is 11.2. The van der Waals surface area contributed by atoms with Gasteiger partial charge in [-0.15, -0.1) is 0 Å². The molecule has 0 spiro atoms. The topological polar surface area (TPSA) is 181 Å². The van der Waals surface area contributed by atoms with E-state index in [0.29, 0.717) is 70.9 Å². The highest BCUT2D eigenvalue weighted by Gasteiger charge is 2.41. The number of aliphatic hydroxyl groups excluding tert-OH is 1. The number of carbonyl (C=O) groups is 4. The summed E-state index contributed by atoms with van der Waals surface area (Å²) in [7, 11) is 1.69. The highest BCUT2D eigenvalue weighted by Crippen LogP contribution is 2.40. The van der Waals surface area contributed by atoms with E-state index in [1.54, 1.807) is 36.5 Å². The molecule has 18 heteroatoms. The molecule has 1 unspecified atom stereocenters. The molecule has 9 heterocycles. The third kappa shape index (κ3) is 8.34. The molecule has 3 fully saturated rings. The van der Waals surface area contributed by atoms with Gasteiger partial charge < -0.3 is 29.4 Å². The molecule has 6 aliphatic rings. The van der Waals surface area contributed by atoms with Crippen LogP contribution in [-0.4, -0.2) is 120 Å². The number of nitrogens with zero attached hydrogens (tertiary/aromatic N) is 9. The number of hydrogen-bond acceptors (Lipinski definition) is 12. The number of piperidine rings is 2. The SMILES string of the molecule is Cn1cc(-c2ccnc(N3CCn4c(cc5c4CC(C)(C)C5)C3=O)c2CO)cc(Nc2ccc(N3CCC(N4CCN(Cc5cc(F)c6c(c5)CN(C5CCC(=O)NC5=O)C6=O)CC4)CC3)cn2)c1=O. The summed E-state index contributed by atoms with van der Waals surface area (Å²) in [6, 6.07) is 12.5. The van der Waals surface area contributed by atoms with Crippen molar-refractivity contribution in [2.24, 2.45) is 12.5 Å². The van der Waals surface area contributed by atoms with E-state index in [0.717, 1.165) is 76.2 Å². The van der Waals surface area contributed by atoms with Gasteiger partial charge in [0.05, 0.1) is 24.1 Å². The van der Waals surface area contributed by atoms with E-state index in [2.05, 4.69) is 48.7 Å². The lowest BCUT2D eigenvalue weighted by atomic mass is 9.90. The molecule has 4 aromatic heterocycles. The first kappa shape index (κ1) is 45.7. The monoisotopic (exact) mass is 951 g/mol. The van der Waals surface area contributed by atoms with Crippen molar-refractivity contribution < 1.29 is 28.7 Å². The minimum Gasteiger partial charge on any atom is -0.392 e. The van der Waals surface area contributed by atoms with Crippen LogP contribution < -0.4 is 26.0 Å². The summed E-state index contributed by atoms with van der Waals surface area (Å²) < 4.78 is 19.0. The molecule has 4 amide bonds. The number of nitrogens with one attached hydrogen (secondary N) is 2. The number of aryl methyl sites for hydroxylation is 1. The molecule has 364 valence electrons. The van der Waals surface area contributed by atoms with E-state index in [1.165, 1.54) is 26.8 Å². The van der Waals surface area contributed by atoms with Gasteiger partial charge in [0.15, 0.2) is 0 Å². The highest BCUT2D eigenvalue weighted by atomic mass is 19.1. The molecular weight excluding hydrogens is 894 g/mol. The van der Waals surface area contributed by atoms with Crippen LogP contribution in [0.25, 0.3) is 11.1 Å². The molecule has 5 aromatic rings. The lowest BCUT2D eigenvalue weighted by molar-refractivity contribution is -0.136. The second-order valence-electron chi connectivity index (χ2n) is 20.6. The number of piperazine rings is 1. The van der Waals surface area contributed by atoms with E-state index < -0.39 is 23.7 Å². The number of halogens is 1. The second-order valence-corrected chi connectivity index (χ2v) is 20.6. The number of pyridine rings is 3. The van der Waals surface area contributed by atoms with Crippen LogP contribution in [0.15, 0.2) is 65.8 Å². The molecule has 17 nitrogen and oxygen atoms in total. The summed E-state index contributed by atoms with van der Waals surface area (Å²) in [5.74, 6) is -1.14. The number of rotatable bonds is 10. The normalized spacial score (nSPS) is 20.8. The van der Waals surface area contributed by atoms with E-state index >= 15 is 4.39 Å². The Morgan fingerprint density at radius 3 is 2.41 bits per heavy atom. The fraction of sp³-hybridized carbons (Fsp3) is 0.442. The maximum absolute atomic E-state index is 15.4. The van der Waals surface area contributed by atoms with Gasteiger partial charge in [-0.25, -0.2) is 14.4 Å². The standard InChI is InChI=1S/C52H58FN11O6/c1-52(2)24-32-23-42-50(69)63(19-18-62(42)43(32)25-52)47-38(30-65)37(8-11-54-47)33-22-40(49(68)58(3)28-33)56-44-6-4-36(26-55-44)60-12-9-35(10-13-60)61-16-14-59(15-17-61)27-31-20-34-29-64(51(70)46(34)39(53)21-31)41-5-7-45(66)57-48(41)67/h4,6,8,11,20-23,26,28,35,41,65H,5,7,9-10,12-19,24-25,27,29-30H2,1-3H3,(H,55,56)(H,57,66,67). The minimum absolute atomic E-state index is 0.0218. The molecule has 1 aliphatic carbocycles. The maximum atomic E-state index is 15.4. The highest BCUT2D eigenvalue weighted by molar-refractivity contribution is 6.07. The molecule has 0 saturated carbocycles. The van der Waals surface area contributed by atoms with Crippen LogP contribution in [0.1, 0.15) is 88.3 Å². The average Bonchev–Trinajstić information content (AvgIpc) is 3.97. The third-order valence-electron chi connectivity index (χ3n) is 15.4. The van der Waals surface area contributed by atoms with Crippen LogP contribution in [0.3, 0.4) is 0 Å². The zero-order valence-electron chi connectivity index (χ0n) is 39.8.